The molecular weight excluding hydrogens is 360 g/mol. The van der Waals surface area contributed by atoms with E-state index in [1.54, 1.807) is 6.92 Å². The number of aryl methyl sites for hydroxylation is 2. The second-order valence-electron chi connectivity index (χ2n) is 6.29. The van der Waals surface area contributed by atoms with Gasteiger partial charge < -0.3 is 20.2 Å². The molecule has 146 valence electrons. The molecular formula is C20H22N4O4. The van der Waals surface area contributed by atoms with E-state index in [1.165, 1.54) is 6.07 Å². The molecule has 1 aromatic carbocycles. The first-order valence-electron chi connectivity index (χ1n) is 8.83. The molecule has 3 rings (SSSR count). The number of nitrogens with one attached hydrogen (secondary N) is 1. The topological polar surface area (TPSA) is 112 Å². The third-order valence-corrected chi connectivity index (χ3v) is 4.05. The highest BCUT2D eigenvalue weighted by atomic mass is 16.5. The molecule has 0 aliphatic heterocycles. The molecule has 0 bridgehead atoms. The summed E-state index contributed by atoms with van der Waals surface area (Å²) < 4.78 is 12.1. The van der Waals surface area contributed by atoms with Gasteiger partial charge in [0.05, 0.1) is 12.2 Å². The molecule has 2 heterocycles. The van der Waals surface area contributed by atoms with Crippen molar-refractivity contribution in [2.24, 2.45) is 0 Å². The van der Waals surface area contributed by atoms with Gasteiger partial charge in [-0.3, -0.25) is 9.59 Å². The van der Waals surface area contributed by atoms with Crippen molar-refractivity contribution in [2.45, 2.75) is 20.4 Å². The second kappa shape index (κ2) is 8.43. The van der Waals surface area contributed by atoms with Crippen molar-refractivity contribution in [2.75, 3.05) is 18.9 Å². The van der Waals surface area contributed by atoms with E-state index in [9.17, 15) is 9.59 Å². The van der Waals surface area contributed by atoms with E-state index in [0.717, 1.165) is 21.8 Å². The number of amides is 1. The summed E-state index contributed by atoms with van der Waals surface area (Å²) in [6, 6.07) is 12.6. The number of aromatic nitrogens is 2. The number of nitrogens with two attached hydrogens (primary N) is 1. The first kappa shape index (κ1) is 19.2. The van der Waals surface area contributed by atoms with E-state index in [-0.39, 0.29) is 18.1 Å². The first-order chi connectivity index (χ1) is 13.4. The monoisotopic (exact) mass is 382 g/mol. The molecule has 0 atom stereocenters. The minimum atomic E-state index is -0.516. The molecule has 8 heteroatoms. The van der Waals surface area contributed by atoms with Crippen molar-refractivity contribution < 1.29 is 13.9 Å². The number of furan rings is 1. The van der Waals surface area contributed by atoms with Crippen molar-refractivity contribution >= 4 is 11.6 Å². The molecule has 1 amide bonds. The maximum Gasteiger partial charge on any atom is 0.290 e. The molecule has 0 aliphatic carbocycles. The average Bonchev–Trinajstić information content (AvgIpc) is 3.01. The van der Waals surface area contributed by atoms with Gasteiger partial charge in [-0.15, -0.1) is 0 Å². The Bertz CT molecular complexity index is 1020. The Morgan fingerprint density at radius 1 is 1.25 bits per heavy atom. The minimum Gasteiger partial charge on any atom is -0.492 e. The minimum absolute atomic E-state index is 0.0171. The third kappa shape index (κ3) is 4.59. The number of carbonyl (C=O) groups is 1. The molecule has 0 unspecified atom stereocenters. The van der Waals surface area contributed by atoms with Crippen LogP contribution in [0.4, 0.5) is 5.69 Å². The quantitative estimate of drug-likeness (QED) is 0.604. The molecule has 0 aliphatic rings. The Labute approximate surface area is 161 Å². The van der Waals surface area contributed by atoms with Gasteiger partial charge in [-0.1, -0.05) is 18.2 Å². The third-order valence-electron chi connectivity index (χ3n) is 4.05. The van der Waals surface area contributed by atoms with Gasteiger partial charge in [0.25, 0.3) is 5.56 Å². The van der Waals surface area contributed by atoms with Crippen molar-refractivity contribution in [3.8, 4) is 17.0 Å². The predicted octanol–water partition coefficient (Wildman–Crippen LogP) is 1.90. The zero-order valence-corrected chi connectivity index (χ0v) is 15.8. The molecule has 28 heavy (non-hydrogen) atoms. The SMILES string of the molecule is Cc1cc(-c2cc(N)c(=O)n(CC(=O)NCCOc3ccccc3)n2)c(C)o1. The van der Waals surface area contributed by atoms with Gasteiger partial charge in [-0.05, 0) is 38.1 Å². The largest absolute Gasteiger partial charge is 0.492 e. The highest BCUT2D eigenvalue weighted by Crippen LogP contribution is 2.25. The normalized spacial score (nSPS) is 10.6. The van der Waals surface area contributed by atoms with Crippen LogP contribution in [-0.2, 0) is 11.3 Å². The molecule has 2 aromatic heterocycles. The summed E-state index contributed by atoms with van der Waals surface area (Å²) in [7, 11) is 0. The van der Waals surface area contributed by atoms with Crippen LogP contribution in [0.2, 0.25) is 0 Å². The Morgan fingerprint density at radius 3 is 2.68 bits per heavy atom. The van der Waals surface area contributed by atoms with Crippen molar-refractivity contribution in [1.29, 1.82) is 0 Å². The fraction of sp³-hybridized carbons (Fsp3) is 0.250. The lowest BCUT2D eigenvalue weighted by Crippen LogP contribution is -2.36. The number of carbonyl (C=O) groups excluding carboxylic acids is 1. The number of nitrogen functional groups attached to an aromatic ring is 1. The van der Waals surface area contributed by atoms with Gasteiger partial charge in [0.2, 0.25) is 5.91 Å². The van der Waals surface area contributed by atoms with Gasteiger partial charge in [0, 0.05) is 5.56 Å². The molecule has 3 N–H and O–H groups in total. The van der Waals surface area contributed by atoms with E-state index in [0.29, 0.717) is 24.6 Å². The number of hydrogen-bond donors (Lipinski definition) is 2. The zero-order chi connectivity index (χ0) is 20.1. The van der Waals surface area contributed by atoms with Crippen LogP contribution in [0.3, 0.4) is 0 Å². The lowest BCUT2D eigenvalue weighted by Gasteiger charge is -2.10. The lowest BCUT2D eigenvalue weighted by molar-refractivity contribution is -0.122. The molecule has 0 saturated carbocycles. The molecule has 3 aromatic rings. The Morgan fingerprint density at radius 2 is 2.00 bits per heavy atom. The summed E-state index contributed by atoms with van der Waals surface area (Å²) >= 11 is 0. The van der Waals surface area contributed by atoms with Gasteiger partial charge in [0.15, 0.2) is 0 Å². The molecule has 0 saturated heterocycles. The molecule has 0 spiro atoms. The van der Waals surface area contributed by atoms with E-state index in [1.807, 2.05) is 43.3 Å². The van der Waals surface area contributed by atoms with Gasteiger partial charge >= 0.3 is 0 Å². The number of hydrogen-bond acceptors (Lipinski definition) is 6. The summed E-state index contributed by atoms with van der Waals surface area (Å²) in [5.41, 5.74) is 6.53. The number of rotatable bonds is 7. The van der Waals surface area contributed by atoms with Gasteiger partial charge in [0.1, 0.15) is 36.1 Å². The second-order valence-corrected chi connectivity index (χ2v) is 6.29. The van der Waals surface area contributed by atoms with Crippen molar-refractivity contribution in [3.63, 3.8) is 0 Å². The number of para-hydroxylation sites is 1. The Balaban J connectivity index is 1.63. The van der Waals surface area contributed by atoms with Crippen LogP contribution in [0.25, 0.3) is 11.3 Å². The summed E-state index contributed by atoms with van der Waals surface area (Å²) in [6.45, 7) is 4.00. The predicted molar refractivity (Wildman–Crippen MR) is 105 cm³/mol. The van der Waals surface area contributed by atoms with Crippen molar-refractivity contribution in [1.82, 2.24) is 15.1 Å². The fourth-order valence-corrected chi connectivity index (χ4v) is 2.75. The van der Waals surface area contributed by atoms with E-state index in [2.05, 4.69) is 10.4 Å². The Kier molecular flexibility index (Phi) is 5.78. The highest BCUT2D eigenvalue weighted by Gasteiger charge is 2.14. The first-order valence-corrected chi connectivity index (χ1v) is 8.83. The van der Waals surface area contributed by atoms with Crippen LogP contribution in [0.1, 0.15) is 11.5 Å². The standard InChI is InChI=1S/C20H22N4O4/c1-13-10-16(14(2)28-13)18-11-17(21)20(26)24(23-18)12-19(25)22-8-9-27-15-6-4-3-5-7-15/h3-7,10-11H,8-9,12,21H2,1-2H3,(H,22,25). The van der Waals surface area contributed by atoms with E-state index in [4.69, 9.17) is 14.9 Å². The molecule has 0 fully saturated rings. The van der Waals surface area contributed by atoms with Crippen LogP contribution in [0, 0.1) is 13.8 Å². The lowest BCUT2D eigenvalue weighted by atomic mass is 10.1. The maximum absolute atomic E-state index is 12.2. The maximum atomic E-state index is 12.2. The number of benzene rings is 1. The highest BCUT2D eigenvalue weighted by molar-refractivity contribution is 5.75. The average molecular weight is 382 g/mol. The van der Waals surface area contributed by atoms with Crippen LogP contribution >= 0.6 is 0 Å². The number of anilines is 1. The van der Waals surface area contributed by atoms with Crippen LogP contribution in [0.5, 0.6) is 5.75 Å². The van der Waals surface area contributed by atoms with Gasteiger partial charge in [-0.25, -0.2) is 4.68 Å². The molecule has 0 radical (unpaired) electrons. The summed E-state index contributed by atoms with van der Waals surface area (Å²) in [5.74, 6) is 1.75. The van der Waals surface area contributed by atoms with Crippen LogP contribution < -0.4 is 21.3 Å². The van der Waals surface area contributed by atoms with Crippen LogP contribution in [-0.4, -0.2) is 28.8 Å². The molecule has 8 nitrogen and oxygen atoms in total. The zero-order valence-electron chi connectivity index (χ0n) is 15.8. The summed E-state index contributed by atoms with van der Waals surface area (Å²) in [5, 5.41) is 6.97. The number of nitrogens with zero attached hydrogens (tertiary/aromatic N) is 2. The van der Waals surface area contributed by atoms with Crippen LogP contribution in [0.15, 0.2) is 51.7 Å². The smallest absolute Gasteiger partial charge is 0.290 e. The summed E-state index contributed by atoms with van der Waals surface area (Å²) in [4.78, 5) is 24.4. The van der Waals surface area contributed by atoms with E-state index < -0.39 is 5.56 Å². The summed E-state index contributed by atoms with van der Waals surface area (Å²) in [6.07, 6.45) is 0. The van der Waals surface area contributed by atoms with E-state index >= 15 is 0 Å². The number of ether oxygens (including phenoxy) is 1. The van der Waals surface area contributed by atoms with Gasteiger partial charge in [-0.2, -0.15) is 5.10 Å². The van der Waals surface area contributed by atoms with Crippen molar-refractivity contribution in [3.05, 3.63) is 64.3 Å². The Hall–Kier alpha value is -3.55. The fourth-order valence-electron chi connectivity index (χ4n) is 2.75.